The lowest BCUT2D eigenvalue weighted by molar-refractivity contribution is -0.138. The molecule has 5 atom stereocenters. The Labute approximate surface area is 168 Å². The monoisotopic (exact) mass is 388 g/mol. The summed E-state index contributed by atoms with van der Waals surface area (Å²) >= 11 is 0. The van der Waals surface area contributed by atoms with E-state index in [-0.39, 0.29) is 36.1 Å². The van der Waals surface area contributed by atoms with Gasteiger partial charge in [-0.2, -0.15) is 0 Å². The third-order valence-electron chi connectivity index (χ3n) is 5.66. The molecule has 1 heterocycles. The van der Waals surface area contributed by atoms with Crippen molar-refractivity contribution in [2.75, 3.05) is 14.2 Å². The molecular formula is C23H32O5. The standard InChI is InChI=1S/C23H32O5/c1-14(2)7-6-8-15(3)18-19(24)21-23(28-21)22(20(18)26-5)27-13-16-9-11-17(25-4)12-10-16/h8-12,14,18,20-23H,6-7,13H2,1-5H3/t18-,20+,21+,22-,23-/m1/s1. The smallest absolute Gasteiger partial charge is 0.174 e. The fourth-order valence-corrected chi connectivity index (χ4v) is 3.95. The Balaban J connectivity index is 1.69. The first-order valence-electron chi connectivity index (χ1n) is 10.1. The van der Waals surface area contributed by atoms with Gasteiger partial charge in [-0.1, -0.05) is 37.6 Å². The van der Waals surface area contributed by atoms with Gasteiger partial charge < -0.3 is 18.9 Å². The molecule has 3 rings (SSSR count). The van der Waals surface area contributed by atoms with Gasteiger partial charge in [0.05, 0.1) is 25.7 Å². The van der Waals surface area contributed by atoms with E-state index < -0.39 is 0 Å². The second-order valence-corrected chi connectivity index (χ2v) is 8.14. The molecule has 154 valence electrons. The van der Waals surface area contributed by atoms with E-state index in [1.807, 2.05) is 31.2 Å². The highest BCUT2D eigenvalue weighted by Gasteiger charge is 2.61. The molecule has 0 aromatic heterocycles. The van der Waals surface area contributed by atoms with Gasteiger partial charge in [-0.25, -0.2) is 0 Å². The number of hydrogen-bond donors (Lipinski definition) is 0. The quantitative estimate of drug-likeness (QED) is 0.474. The van der Waals surface area contributed by atoms with Gasteiger partial charge in [0, 0.05) is 7.11 Å². The van der Waals surface area contributed by atoms with Crippen molar-refractivity contribution in [2.24, 2.45) is 11.8 Å². The number of ketones is 1. The van der Waals surface area contributed by atoms with Crippen LogP contribution in [0, 0.1) is 11.8 Å². The van der Waals surface area contributed by atoms with Crippen LogP contribution in [0.15, 0.2) is 35.9 Å². The zero-order valence-electron chi connectivity index (χ0n) is 17.5. The van der Waals surface area contributed by atoms with Crippen LogP contribution in [0.3, 0.4) is 0 Å². The van der Waals surface area contributed by atoms with E-state index in [1.54, 1.807) is 14.2 Å². The van der Waals surface area contributed by atoms with Gasteiger partial charge in [0.2, 0.25) is 0 Å². The number of benzene rings is 1. The maximum Gasteiger partial charge on any atom is 0.174 e. The summed E-state index contributed by atoms with van der Waals surface area (Å²) in [6.07, 6.45) is 3.11. The van der Waals surface area contributed by atoms with Gasteiger partial charge in [0.1, 0.15) is 24.1 Å². The average Bonchev–Trinajstić information content (AvgIpc) is 3.48. The highest BCUT2D eigenvalue weighted by molar-refractivity contribution is 5.92. The van der Waals surface area contributed by atoms with Crippen LogP contribution in [0.5, 0.6) is 5.75 Å². The Morgan fingerprint density at radius 2 is 1.89 bits per heavy atom. The molecule has 0 bridgehead atoms. The summed E-state index contributed by atoms with van der Waals surface area (Å²) in [5.74, 6) is 1.27. The number of allylic oxidation sites excluding steroid dienone is 1. The second kappa shape index (κ2) is 9.21. The number of hydrogen-bond acceptors (Lipinski definition) is 5. The molecule has 0 radical (unpaired) electrons. The number of carbonyl (C=O) groups is 1. The molecule has 2 fully saturated rings. The number of carbonyl (C=O) groups excluding carboxylic acids is 1. The Kier molecular flexibility index (Phi) is 6.91. The predicted octanol–water partition coefficient (Wildman–Crippen LogP) is 3.94. The predicted molar refractivity (Wildman–Crippen MR) is 107 cm³/mol. The lowest BCUT2D eigenvalue weighted by atomic mass is 9.78. The van der Waals surface area contributed by atoms with Crippen LogP contribution >= 0.6 is 0 Å². The molecule has 28 heavy (non-hydrogen) atoms. The maximum atomic E-state index is 12.8. The highest BCUT2D eigenvalue weighted by atomic mass is 16.6. The molecule has 5 heteroatoms. The van der Waals surface area contributed by atoms with Crippen LogP contribution < -0.4 is 4.74 Å². The summed E-state index contributed by atoms with van der Waals surface area (Å²) in [6, 6.07) is 7.79. The molecule has 2 aliphatic rings. The molecular weight excluding hydrogens is 356 g/mol. The first kappa shape index (κ1) is 21.0. The number of ether oxygens (including phenoxy) is 4. The number of Topliss-reactive ketones (excluding diaryl/α,β-unsaturated/α-hetero) is 1. The molecule has 0 N–H and O–H groups in total. The highest BCUT2D eigenvalue weighted by Crippen LogP contribution is 2.43. The van der Waals surface area contributed by atoms with Crippen molar-refractivity contribution in [3.63, 3.8) is 0 Å². The lowest BCUT2D eigenvalue weighted by Crippen LogP contribution is -2.50. The zero-order valence-corrected chi connectivity index (χ0v) is 17.5. The van der Waals surface area contributed by atoms with Crippen molar-refractivity contribution < 1.29 is 23.7 Å². The molecule has 1 aliphatic carbocycles. The van der Waals surface area contributed by atoms with Crippen LogP contribution in [0.25, 0.3) is 0 Å². The number of epoxide rings is 1. The fourth-order valence-electron chi connectivity index (χ4n) is 3.95. The van der Waals surface area contributed by atoms with Crippen LogP contribution in [0.1, 0.15) is 39.2 Å². The Hall–Kier alpha value is -1.69. The topological polar surface area (TPSA) is 57.3 Å². The average molecular weight is 389 g/mol. The minimum absolute atomic E-state index is 0.124. The van der Waals surface area contributed by atoms with Gasteiger partial charge in [-0.15, -0.1) is 0 Å². The SMILES string of the molecule is COc1ccc(CO[C@@H]2[C@@H](OC)[C@H](C(C)=CCCC(C)C)C(=O)[C@@H]3O[C@@H]23)cc1. The summed E-state index contributed by atoms with van der Waals surface area (Å²) in [5, 5.41) is 0. The van der Waals surface area contributed by atoms with Crippen molar-refractivity contribution in [1.82, 2.24) is 0 Å². The molecule has 1 aromatic carbocycles. The van der Waals surface area contributed by atoms with E-state index in [0.29, 0.717) is 12.5 Å². The van der Waals surface area contributed by atoms with Crippen LogP contribution in [-0.2, 0) is 25.6 Å². The largest absolute Gasteiger partial charge is 0.497 e. The van der Waals surface area contributed by atoms with Gasteiger partial charge in [-0.3, -0.25) is 4.79 Å². The van der Waals surface area contributed by atoms with E-state index >= 15 is 0 Å². The Morgan fingerprint density at radius 3 is 2.50 bits per heavy atom. The first-order valence-corrected chi connectivity index (χ1v) is 10.1. The second-order valence-electron chi connectivity index (χ2n) is 8.14. The Morgan fingerprint density at radius 1 is 1.18 bits per heavy atom. The summed E-state index contributed by atoms with van der Waals surface area (Å²) in [7, 11) is 3.30. The van der Waals surface area contributed by atoms with Crippen molar-refractivity contribution in [1.29, 1.82) is 0 Å². The fraction of sp³-hybridized carbons (Fsp3) is 0.609. The molecule has 1 saturated carbocycles. The van der Waals surface area contributed by atoms with Gasteiger partial charge in [0.15, 0.2) is 5.78 Å². The molecule has 0 unspecified atom stereocenters. The molecule has 0 spiro atoms. The molecule has 5 nitrogen and oxygen atoms in total. The first-order chi connectivity index (χ1) is 13.5. The van der Waals surface area contributed by atoms with Crippen molar-refractivity contribution >= 4 is 5.78 Å². The minimum atomic E-state index is -0.356. The van der Waals surface area contributed by atoms with Gasteiger partial charge in [0.25, 0.3) is 0 Å². The summed E-state index contributed by atoms with van der Waals surface area (Å²) in [6.45, 7) is 6.88. The van der Waals surface area contributed by atoms with E-state index in [1.165, 1.54) is 0 Å². The third kappa shape index (κ3) is 4.65. The van der Waals surface area contributed by atoms with Gasteiger partial charge in [-0.05, 0) is 43.4 Å². The van der Waals surface area contributed by atoms with Crippen LogP contribution in [0.4, 0.5) is 0 Å². The summed E-state index contributed by atoms with van der Waals surface area (Å²) in [4.78, 5) is 12.8. The summed E-state index contributed by atoms with van der Waals surface area (Å²) in [5.41, 5.74) is 2.11. The number of fused-ring (bicyclic) bond motifs is 1. The molecule has 1 aliphatic heterocycles. The van der Waals surface area contributed by atoms with Crippen molar-refractivity contribution in [2.45, 2.75) is 64.6 Å². The van der Waals surface area contributed by atoms with Crippen LogP contribution in [-0.4, -0.2) is 44.4 Å². The van der Waals surface area contributed by atoms with Crippen LogP contribution in [0.2, 0.25) is 0 Å². The van der Waals surface area contributed by atoms with E-state index in [2.05, 4.69) is 19.9 Å². The van der Waals surface area contributed by atoms with Crippen molar-refractivity contribution in [3.8, 4) is 5.75 Å². The molecule has 1 aromatic rings. The lowest BCUT2D eigenvalue weighted by Gasteiger charge is -2.34. The maximum absolute atomic E-state index is 12.8. The minimum Gasteiger partial charge on any atom is -0.497 e. The third-order valence-corrected chi connectivity index (χ3v) is 5.66. The Bertz CT molecular complexity index is 693. The summed E-state index contributed by atoms with van der Waals surface area (Å²) < 4.78 is 22.8. The van der Waals surface area contributed by atoms with E-state index in [0.717, 1.165) is 29.7 Å². The van der Waals surface area contributed by atoms with E-state index in [9.17, 15) is 4.79 Å². The number of methoxy groups -OCH3 is 2. The molecule has 0 amide bonds. The van der Waals surface area contributed by atoms with E-state index in [4.69, 9.17) is 18.9 Å². The molecule has 1 saturated heterocycles. The zero-order chi connectivity index (χ0) is 20.3. The normalized spacial score (nSPS) is 29.7. The van der Waals surface area contributed by atoms with Gasteiger partial charge >= 0.3 is 0 Å². The number of rotatable bonds is 9. The van der Waals surface area contributed by atoms with Crippen molar-refractivity contribution in [3.05, 3.63) is 41.5 Å².